The first kappa shape index (κ1) is 18.2. The molecule has 0 bridgehead atoms. The maximum atomic E-state index is 13.3. The fourth-order valence-electron chi connectivity index (χ4n) is 3.64. The second kappa shape index (κ2) is 7.44. The summed E-state index contributed by atoms with van der Waals surface area (Å²) in [5.41, 5.74) is 2.14. The van der Waals surface area contributed by atoms with Crippen molar-refractivity contribution in [3.05, 3.63) is 76.8 Å². The largest absolute Gasteiger partial charge is 0.497 e. The van der Waals surface area contributed by atoms with Crippen molar-refractivity contribution in [1.82, 2.24) is 9.88 Å². The molecule has 0 unspecified atom stereocenters. The number of anilines is 1. The van der Waals surface area contributed by atoms with E-state index in [4.69, 9.17) is 4.74 Å². The zero-order valence-corrected chi connectivity index (χ0v) is 16.3. The first-order valence-electron chi connectivity index (χ1n) is 8.80. The highest BCUT2D eigenvalue weighted by atomic mass is 32.1. The van der Waals surface area contributed by atoms with Crippen LogP contribution >= 0.6 is 11.3 Å². The molecule has 0 fully saturated rings. The van der Waals surface area contributed by atoms with Gasteiger partial charge in [-0.3, -0.25) is 9.59 Å². The zero-order chi connectivity index (χ0) is 19.7. The van der Waals surface area contributed by atoms with Crippen LogP contribution in [0.1, 0.15) is 33.4 Å². The third-order valence-corrected chi connectivity index (χ3v) is 5.67. The number of hydrogen-bond acceptors (Lipinski definition) is 5. The van der Waals surface area contributed by atoms with Crippen LogP contribution in [0.5, 0.6) is 5.75 Å². The quantitative estimate of drug-likeness (QED) is 0.734. The van der Waals surface area contributed by atoms with Gasteiger partial charge in [-0.05, 0) is 29.3 Å². The van der Waals surface area contributed by atoms with Crippen molar-refractivity contribution in [2.75, 3.05) is 19.5 Å². The molecule has 1 aliphatic heterocycles. The van der Waals surface area contributed by atoms with Gasteiger partial charge in [-0.1, -0.05) is 30.3 Å². The number of likely N-dealkylation sites (N-methyl/N-ethyl adjacent to an activating group) is 1. The SMILES string of the molecule is COc1ccc([C@@H]2[C@H](C(=O)Nc3nccs3)c3ccccc3C(=O)N2C)cc1. The molecule has 0 aliphatic carbocycles. The molecule has 0 spiro atoms. The summed E-state index contributed by atoms with van der Waals surface area (Å²) in [6.07, 6.45) is 1.64. The monoisotopic (exact) mass is 393 g/mol. The molecule has 28 heavy (non-hydrogen) atoms. The predicted octanol–water partition coefficient (Wildman–Crippen LogP) is 3.70. The Labute approximate surface area is 166 Å². The van der Waals surface area contributed by atoms with Gasteiger partial charge in [-0.2, -0.15) is 0 Å². The van der Waals surface area contributed by atoms with Crippen LogP contribution in [0.2, 0.25) is 0 Å². The van der Waals surface area contributed by atoms with Crippen LogP contribution in [0.15, 0.2) is 60.1 Å². The van der Waals surface area contributed by atoms with Crippen molar-refractivity contribution in [2.45, 2.75) is 12.0 Å². The molecule has 7 heteroatoms. The van der Waals surface area contributed by atoms with E-state index in [-0.39, 0.29) is 11.8 Å². The van der Waals surface area contributed by atoms with Crippen molar-refractivity contribution in [2.24, 2.45) is 0 Å². The number of fused-ring (bicyclic) bond motifs is 1. The van der Waals surface area contributed by atoms with Gasteiger partial charge in [0.2, 0.25) is 5.91 Å². The topological polar surface area (TPSA) is 71.5 Å². The number of nitrogens with one attached hydrogen (secondary N) is 1. The summed E-state index contributed by atoms with van der Waals surface area (Å²) in [4.78, 5) is 32.0. The van der Waals surface area contributed by atoms with Gasteiger partial charge in [0.15, 0.2) is 5.13 Å². The van der Waals surface area contributed by atoms with Crippen molar-refractivity contribution in [3.8, 4) is 5.75 Å². The highest BCUT2D eigenvalue weighted by molar-refractivity contribution is 7.13. The standard InChI is InChI=1S/C21H19N3O3S/c1-24-18(13-7-9-14(27-2)10-8-13)17(19(25)23-21-22-11-12-28-21)15-5-3-4-6-16(15)20(24)26/h3-12,17-18H,1-2H3,(H,22,23,25)/t17-,18-/m1/s1. The molecule has 1 N–H and O–H groups in total. The first-order valence-corrected chi connectivity index (χ1v) is 9.68. The van der Waals surface area contributed by atoms with Gasteiger partial charge < -0.3 is 15.0 Å². The van der Waals surface area contributed by atoms with Crippen molar-refractivity contribution >= 4 is 28.3 Å². The molecular formula is C21H19N3O3S. The lowest BCUT2D eigenvalue weighted by molar-refractivity contribution is -0.119. The highest BCUT2D eigenvalue weighted by Crippen LogP contribution is 2.42. The average Bonchev–Trinajstić information content (AvgIpc) is 3.23. The lowest BCUT2D eigenvalue weighted by Gasteiger charge is -2.39. The number of nitrogens with zero attached hydrogens (tertiary/aromatic N) is 2. The van der Waals surface area contributed by atoms with E-state index in [1.807, 2.05) is 42.5 Å². The Hall–Kier alpha value is -3.19. The Kier molecular flexibility index (Phi) is 4.83. The van der Waals surface area contributed by atoms with E-state index in [0.717, 1.165) is 16.9 Å². The fourth-order valence-corrected chi connectivity index (χ4v) is 4.17. The third-order valence-electron chi connectivity index (χ3n) is 4.98. The van der Waals surface area contributed by atoms with Gasteiger partial charge >= 0.3 is 0 Å². The Morgan fingerprint density at radius 1 is 1.18 bits per heavy atom. The molecule has 2 amide bonds. The Morgan fingerprint density at radius 3 is 2.61 bits per heavy atom. The summed E-state index contributed by atoms with van der Waals surface area (Å²) in [7, 11) is 3.34. The maximum Gasteiger partial charge on any atom is 0.254 e. The third kappa shape index (κ3) is 3.14. The summed E-state index contributed by atoms with van der Waals surface area (Å²) >= 11 is 1.36. The van der Waals surface area contributed by atoms with Gasteiger partial charge in [0, 0.05) is 24.2 Å². The van der Waals surface area contributed by atoms with E-state index in [0.29, 0.717) is 10.7 Å². The Bertz CT molecular complexity index is 1000. The molecule has 6 nitrogen and oxygen atoms in total. The molecule has 0 radical (unpaired) electrons. The fraction of sp³-hybridized carbons (Fsp3) is 0.190. The van der Waals surface area contributed by atoms with Crippen molar-refractivity contribution in [1.29, 1.82) is 0 Å². The number of thiazole rings is 1. The molecule has 2 heterocycles. The highest BCUT2D eigenvalue weighted by Gasteiger charge is 2.42. The molecule has 1 aromatic heterocycles. The minimum atomic E-state index is -0.559. The van der Waals surface area contributed by atoms with E-state index < -0.39 is 12.0 Å². The molecule has 1 aliphatic rings. The van der Waals surface area contributed by atoms with E-state index in [1.54, 1.807) is 36.7 Å². The summed E-state index contributed by atoms with van der Waals surface area (Å²) in [5, 5.41) is 5.24. The van der Waals surface area contributed by atoms with E-state index in [2.05, 4.69) is 10.3 Å². The Morgan fingerprint density at radius 2 is 1.93 bits per heavy atom. The van der Waals surface area contributed by atoms with Crippen LogP contribution in [0, 0.1) is 0 Å². The molecule has 2 aromatic carbocycles. The average molecular weight is 393 g/mol. The summed E-state index contributed by atoms with van der Waals surface area (Å²) in [6.45, 7) is 0. The number of aromatic nitrogens is 1. The predicted molar refractivity (Wildman–Crippen MR) is 108 cm³/mol. The van der Waals surface area contributed by atoms with E-state index >= 15 is 0 Å². The summed E-state index contributed by atoms with van der Waals surface area (Å²) < 4.78 is 5.24. The van der Waals surface area contributed by atoms with Crippen LogP contribution < -0.4 is 10.1 Å². The molecule has 0 saturated carbocycles. The summed E-state index contributed by atoms with van der Waals surface area (Å²) in [6, 6.07) is 14.3. The number of carbonyl (C=O) groups is 2. The van der Waals surface area contributed by atoms with Crippen LogP contribution in [0.4, 0.5) is 5.13 Å². The number of rotatable bonds is 4. The minimum Gasteiger partial charge on any atom is -0.497 e. The smallest absolute Gasteiger partial charge is 0.254 e. The maximum absolute atomic E-state index is 13.3. The second-order valence-corrected chi connectivity index (χ2v) is 7.42. The van der Waals surface area contributed by atoms with Crippen LogP contribution in [0.25, 0.3) is 0 Å². The zero-order valence-electron chi connectivity index (χ0n) is 15.5. The van der Waals surface area contributed by atoms with Crippen molar-refractivity contribution < 1.29 is 14.3 Å². The molecule has 4 rings (SSSR count). The molecule has 142 valence electrons. The molecular weight excluding hydrogens is 374 g/mol. The molecule has 3 aromatic rings. The van der Waals surface area contributed by atoms with E-state index in [9.17, 15) is 9.59 Å². The van der Waals surface area contributed by atoms with E-state index in [1.165, 1.54) is 11.3 Å². The minimum absolute atomic E-state index is 0.102. The number of ether oxygens (including phenoxy) is 1. The van der Waals surface area contributed by atoms with Gasteiger partial charge in [0.1, 0.15) is 5.75 Å². The number of amides is 2. The lowest BCUT2D eigenvalue weighted by Crippen LogP contribution is -2.44. The van der Waals surface area contributed by atoms with Crippen LogP contribution in [-0.2, 0) is 4.79 Å². The number of benzene rings is 2. The van der Waals surface area contributed by atoms with Crippen LogP contribution in [-0.4, -0.2) is 35.9 Å². The van der Waals surface area contributed by atoms with Gasteiger partial charge in [-0.15, -0.1) is 11.3 Å². The number of hydrogen-bond donors (Lipinski definition) is 1. The number of carbonyl (C=O) groups excluding carboxylic acids is 2. The van der Waals surface area contributed by atoms with Gasteiger partial charge in [0.05, 0.1) is 19.1 Å². The lowest BCUT2D eigenvalue weighted by atomic mass is 9.79. The molecule has 0 saturated heterocycles. The van der Waals surface area contributed by atoms with Crippen molar-refractivity contribution in [3.63, 3.8) is 0 Å². The van der Waals surface area contributed by atoms with Crippen LogP contribution in [0.3, 0.4) is 0 Å². The normalized spacial score (nSPS) is 18.5. The van der Waals surface area contributed by atoms with Gasteiger partial charge in [0.25, 0.3) is 5.91 Å². The first-order chi connectivity index (χ1) is 13.6. The second-order valence-electron chi connectivity index (χ2n) is 6.53. The number of methoxy groups -OCH3 is 1. The molecule has 2 atom stereocenters. The van der Waals surface area contributed by atoms with Gasteiger partial charge in [-0.25, -0.2) is 4.98 Å². The summed E-state index contributed by atoms with van der Waals surface area (Å²) in [5.74, 6) is -0.133. The Balaban J connectivity index is 1.80.